The Kier molecular flexibility index (Phi) is 2.53. The molecule has 1 heterocycles. The van der Waals surface area contributed by atoms with Crippen molar-refractivity contribution in [3.05, 3.63) is 35.9 Å². The Morgan fingerprint density at radius 3 is 2.67 bits per heavy atom. The number of ether oxygens (including phenoxy) is 1. The third kappa shape index (κ3) is 1.90. The normalized spacial score (nSPS) is 20.5. The summed E-state index contributed by atoms with van der Waals surface area (Å²) in [5.74, 6) is 0.191. The highest BCUT2D eigenvalue weighted by molar-refractivity contribution is 6.45. The minimum atomic E-state index is -0.444. The molecule has 2 rings (SSSR count). The molecule has 0 amide bonds. The summed E-state index contributed by atoms with van der Waals surface area (Å²) < 4.78 is 5.21. The molecule has 15 heavy (non-hydrogen) atoms. The van der Waals surface area contributed by atoms with Gasteiger partial charge >= 0.3 is 0 Å². The van der Waals surface area contributed by atoms with Crippen molar-refractivity contribution in [3.8, 4) is 0 Å². The predicted molar refractivity (Wildman–Crippen MR) is 53.8 cm³/mol. The Balaban J connectivity index is 2.27. The smallest absolute Gasteiger partial charge is 0.283 e. The van der Waals surface area contributed by atoms with E-state index in [1.165, 1.54) is 0 Å². The van der Waals surface area contributed by atoms with Gasteiger partial charge in [-0.15, -0.1) is 0 Å². The van der Waals surface area contributed by atoms with E-state index in [0.717, 1.165) is 5.56 Å². The first-order chi connectivity index (χ1) is 7.31. The largest absolute Gasteiger partial charge is 0.432 e. The van der Waals surface area contributed by atoms with Gasteiger partial charge in [-0.2, -0.15) is 0 Å². The molecule has 0 aliphatic carbocycles. The van der Waals surface area contributed by atoms with Gasteiger partial charge in [-0.1, -0.05) is 35.5 Å². The molecule has 1 aliphatic heterocycles. The van der Waals surface area contributed by atoms with Crippen molar-refractivity contribution in [1.29, 1.82) is 0 Å². The fraction of sp³-hybridized carbons (Fsp3) is 0.200. The molecule has 1 aliphatic rings. The second-order valence-corrected chi connectivity index (χ2v) is 3.00. The third-order valence-electron chi connectivity index (χ3n) is 1.91. The number of benzene rings is 1. The second kappa shape index (κ2) is 4.00. The Morgan fingerprint density at radius 2 is 2.13 bits per heavy atom. The van der Waals surface area contributed by atoms with Crippen LogP contribution < -0.4 is 0 Å². The Morgan fingerprint density at radius 1 is 1.40 bits per heavy atom. The van der Waals surface area contributed by atoms with Crippen LogP contribution in [-0.2, 0) is 9.57 Å². The van der Waals surface area contributed by atoms with Crippen molar-refractivity contribution in [3.63, 3.8) is 0 Å². The molecule has 5 nitrogen and oxygen atoms in total. The fourth-order valence-corrected chi connectivity index (χ4v) is 1.24. The summed E-state index contributed by atoms with van der Waals surface area (Å²) in [6.07, 6.45) is -0.444. The SMILES string of the molecule is C[C@H]1ON=C(/C(=N/O)c2ccccc2)O1. The maximum Gasteiger partial charge on any atom is 0.283 e. The molecule has 1 aromatic rings. The van der Waals surface area contributed by atoms with Gasteiger partial charge < -0.3 is 14.8 Å². The standard InChI is InChI=1S/C10H10N2O3/c1-7-14-10(12-15-7)9(11-13)8-5-3-2-4-6-8/h2-7,13H,1H3/b11-9+/t7-/m1/s1. The van der Waals surface area contributed by atoms with Crippen LogP contribution in [-0.4, -0.2) is 23.1 Å². The molecule has 0 fully saturated rings. The molecule has 0 spiro atoms. The van der Waals surface area contributed by atoms with Gasteiger partial charge in [0.05, 0.1) is 0 Å². The molecule has 5 heteroatoms. The van der Waals surface area contributed by atoms with E-state index in [1.807, 2.05) is 18.2 Å². The van der Waals surface area contributed by atoms with Gasteiger partial charge in [-0.05, 0) is 5.16 Å². The van der Waals surface area contributed by atoms with Crippen LogP contribution in [0.5, 0.6) is 0 Å². The third-order valence-corrected chi connectivity index (χ3v) is 1.91. The zero-order chi connectivity index (χ0) is 10.7. The first-order valence-corrected chi connectivity index (χ1v) is 4.49. The van der Waals surface area contributed by atoms with Gasteiger partial charge in [0.2, 0.25) is 0 Å². The van der Waals surface area contributed by atoms with E-state index in [4.69, 9.17) is 14.8 Å². The Bertz CT molecular complexity index is 400. The lowest BCUT2D eigenvalue weighted by Crippen LogP contribution is -2.18. The van der Waals surface area contributed by atoms with Gasteiger partial charge in [-0.25, -0.2) is 0 Å². The number of oxime groups is 2. The van der Waals surface area contributed by atoms with Gasteiger partial charge in [0.25, 0.3) is 12.2 Å². The topological polar surface area (TPSA) is 63.4 Å². The summed E-state index contributed by atoms with van der Waals surface area (Å²) in [5.41, 5.74) is 0.983. The molecule has 0 saturated carbocycles. The van der Waals surface area contributed by atoms with Gasteiger partial charge in [0.15, 0.2) is 5.71 Å². The monoisotopic (exact) mass is 206 g/mol. The van der Waals surface area contributed by atoms with Gasteiger partial charge in [0, 0.05) is 12.5 Å². The van der Waals surface area contributed by atoms with Crippen LogP contribution in [0, 0.1) is 0 Å². The first kappa shape index (κ1) is 9.51. The quantitative estimate of drug-likeness (QED) is 0.454. The molecule has 0 aromatic heterocycles. The van der Waals surface area contributed by atoms with E-state index >= 15 is 0 Å². The van der Waals surface area contributed by atoms with Crippen LogP contribution in [0.2, 0.25) is 0 Å². The van der Waals surface area contributed by atoms with Gasteiger partial charge in [-0.3, -0.25) is 0 Å². The van der Waals surface area contributed by atoms with Crippen LogP contribution in [0.1, 0.15) is 12.5 Å². The van der Waals surface area contributed by atoms with E-state index in [1.54, 1.807) is 19.1 Å². The Hall–Kier alpha value is -2.04. The van der Waals surface area contributed by atoms with Crippen molar-refractivity contribution in [1.82, 2.24) is 0 Å². The fourth-order valence-electron chi connectivity index (χ4n) is 1.24. The maximum atomic E-state index is 8.90. The highest BCUT2D eigenvalue weighted by atomic mass is 16.8. The van der Waals surface area contributed by atoms with E-state index in [2.05, 4.69) is 10.3 Å². The number of rotatable bonds is 2. The zero-order valence-electron chi connectivity index (χ0n) is 8.12. The van der Waals surface area contributed by atoms with Crippen LogP contribution in [0.15, 0.2) is 40.6 Å². The lowest BCUT2D eigenvalue weighted by Gasteiger charge is -2.04. The van der Waals surface area contributed by atoms with E-state index in [-0.39, 0.29) is 11.6 Å². The average Bonchev–Trinajstić information content (AvgIpc) is 2.68. The van der Waals surface area contributed by atoms with Crippen molar-refractivity contribution >= 4 is 11.6 Å². The summed E-state index contributed by atoms with van der Waals surface area (Å²) in [5, 5.41) is 15.7. The molecular weight excluding hydrogens is 196 g/mol. The molecular formula is C10H10N2O3. The van der Waals surface area contributed by atoms with E-state index < -0.39 is 6.29 Å². The minimum absolute atomic E-state index is 0.191. The van der Waals surface area contributed by atoms with E-state index in [0.29, 0.717) is 0 Å². The van der Waals surface area contributed by atoms with Crippen LogP contribution in [0.4, 0.5) is 0 Å². The van der Waals surface area contributed by atoms with Crippen LogP contribution in [0.3, 0.4) is 0 Å². The number of hydrogen-bond acceptors (Lipinski definition) is 5. The lowest BCUT2D eigenvalue weighted by atomic mass is 10.1. The van der Waals surface area contributed by atoms with E-state index in [9.17, 15) is 0 Å². The molecule has 0 saturated heterocycles. The van der Waals surface area contributed by atoms with Crippen molar-refractivity contribution < 1.29 is 14.8 Å². The van der Waals surface area contributed by atoms with Gasteiger partial charge in [0.1, 0.15) is 0 Å². The highest BCUT2D eigenvalue weighted by Crippen LogP contribution is 2.11. The second-order valence-electron chi connectivity index (χ2n) is 3.00. The number of hydrogen-bond donors (Lipinski definition) is 1. The molecule has 0 bridgehead atoms. The molecule has 1 atom stereocenters. The number of nitrogens with zero attached hydrogens (tertiary/aromatic N) is 2. The Labute approximate surface area is 86.6 Å². The summed E-state index contributed by atoms with van der Waals surface area (Å²) in [6, 6.07) is 9.13. The predicted octanol–water partition coefficient (Wildman–Crippen LogP) is 1.57. The van der Waals surface area contributed by atoms with Crippen molar-refractivity contribution in [2.75, 3.05) is 0 Å². The molecule has 0 unspecified atom stereocenters. The molecule has 1 aromatic carbocycles. The molecule has 0 radical (unpaired) electrons. The summed E-state index contributed by atoms with van der Waals surface area (Å²) >= 11 is 0. The molecule has 1 N–H and O–H groups in total. The maximum absolute atomic E-state index is 8.90. The lowest BCUT2D eigenvalue weighted by molar-refractivity contribution is -0.0313. The highest BCUT2D eigenvalue weighted by Gasteiger charge is 2.23. The molecule has 78 valence electrons. The zero-order valence-corrected chi connectivity index (χ0v) is 8.12. The summed E-state index contributed by atoms with van der Waals surface area (Å²) in [6.45, 7) is 1.70. The first-order valence-electron chi connectivity index (χ1n) is 4.49. The van der Waals surface area contributed by atoms with Crippen molar-refractivity contribution in [2.45, 2.75) is 13.2 Å². The van der Waals surface area contributed by atoms with Crippen LogP contribution >= 0.6 is 0 Å². The van der Waals surface area contributed by atoms with Crippen LogP contribution in [0.25, 0.3) is 0 Å². The summed E-state index contributed by atoms with van der Waals surface area (Å²) in [7, 11) is 0. The minimum Gasteiger partial charge on any atom is -0.432 e. The summed E-state index contributed by atoms with van der Waals surface area (Å²) in [4.78, 5) is 4.84. The average molecular weight is 206 g/mol. The van der Waals surface area contributed by atoms with Crippen molar-refractivity contribution in [2.24, 2.45) is 10.3 Å².